The SMILES string of the molecule is CC(=O)c1cccc(NC(=O)c2cc(Nc3ccc4c(c3)OCO4)ncn2)c1. The third-order valence-corrected chi connectivity index (χ3v) is 4.07. The van der Waals surface area contributed by atoms with Gasteiger partial charge in [0.1, 0.15) is 17.8 Å². The number of fused-ring (bicyclic) bond motifs is 1. The minimum Gasteiger partial charge on any atom is -0.454 e. The van der Waals surface area contributed by atoms with E-state index in [1.807, 2.05) is 6.07 Å². The van der Waals surface area contributed by atoms with Crippen molar-refractivity contribution in [2.45, 2.75) is 6.92 Å². The Kier molecular flexibility index (Phi) is 4.59. The smallest absolute Gasteiger partial charge is 0.274 e. The number of hydrogen-bond acceptors (Lipinski definition) is 7. The average Bonchev–Trinajstić information content (AvgIpc) is 3.16. The number of amides is 1. The number of nitrogens with zero attached hydrogens (tertiary/aromatic N) is 2. The Hall–Kier alpha value is -3.94. The van der Waals surface area contributed by atoms with Gasteiger partial charge < -0.3 is 20.1 Å². The molecule has 1 aromatic heterocycles. The van der Waals surface area contributed by atoms with Crippen LogP contribution in [0.15, 0.2) is 54.9 Å². The first kappa shape index (κ1) is 17.5. The topological polar surface area (TPSA) is 102 Å². The van der Waals surface area contributed by atoms with E-state index in [9.17, 15) is 9.59 Å². The Labute approximate surface area is 160 Å². The summed E-state index contributed by atoms with van der Waals surface area (Å²) in [5.74, 6) is 1.30. The Balaban J connectivity index is 1.49. The van der Waals surface area contributed by atoms with Gasteiger partial charge in [-0.25, -0.2) is 9.97 Å². The zero-order valence-corrected chi connectivity index (χ0v) is 14.9. The number of hydrogen-bond donors (Lipinski definition) is 2. The monoisotopic (exact) mass is 376 g/mol. The van der Waals surface area contributed by atoms with Gasteiger partial charge in [0.25, 0.3) is 5.91 Å². The predicted molar refractivity (Wildman–Crippen MR) is 102 cm³/mol. The molecule has 1 aliphatic heterocycles. The van der Waals surface area contributed by atoms with Crippen LogP contribution in [0.5, 0.6) is 11.5 Å². The van der Waals surface area contributed by atoms with Crippen LogP contribution in [0, 0.1) is 0 Å². The van der Waals surface area contributed by atoms with Crippen molar-refractivity contribution >= 4 is 28.9 Å². The first-order valence-electron chi connectivity index (χ1n) is 8.49. The highest BCUT2D eigenvalue weighted by atomic mass is 16.7. The van der Waals surface area contributed by atoms with Crippen molar-refractivity contribution < 1.29 is 19.1 Å². The van der Waals surface area contributed by atoms with E-state index in [2.05, 4.69) is 20.6 Å². The summed E-state index contributed by atoms with van der Waals surface area (Å²) in [5.41, 5.74) is 1.96. The summed E-state index contributed by atoms with van der Waals surface area (Å²) in [7, 11) is 0. The van der Waals surface area contributed by atoms with Crippen LogP contribution >= 0.6 is 0 Å². The third kappa shape index (κ3) is 3.75. The molecule has 1 amide bonds. The van der Waals surface area contributed by atoms with Gasteiger partial charge in [0.2, 0.25) is 6.79 Å². The molecule has 2 aromatic carbocycles. The number of rotatable bonds is 5. The molecule has 2 N–H and O–H groups in total. The van der Waals surface area contributed by atoms with E-state index in [0.29, 0.717) is 28.6 Å². The highest BCUT2D eigenvalue weighted by molar-refractivity contribution is 6.04. The zero-order valence-electron chi connectivity index (χ0n) is 14.9. The van der Waals surface area contributed by atoms with E-state index in [-0.39, 0.29) is 18.3 Å². The summed E-state index contributed by atoms with van der Waals surface area (Å²) < 4.78 is 10.6. The van der Waals surface area contributed by atoms with Crippen molar-refractivity contribution in [2.24, 2.45) is 0 Å². The van der Waals surface area contributed by atoms with E-state index in [0.717, 1.165) is 5.69 Å². The highest BCUT2D eigenvalue weighted by Gasteiger charge is 2.14. The van der Waals surface area contributed by atoms with Gasteiger partial charge in [-0.1, -0.05) is 12.1 Å². The number of carbonyl (C=O) groups is 2. The second-order valence-corrected chi connectivity index (χ2v) is 6.07. The van der Waals surface area contributed by atoms with Gasteiger partial charge in [0, 0.05) is 29.1 Å². The molecule has 2 heterocycles. The second-order valence-electron chi connectivity index (χ2n) is 6.07. The third-order valence-electron chi connectivity index (χ3n) is 4.07. The fourth-order valence-electron chi connectivity index (χ4n) is 2.68. The molecule has 8 heteroatoms. The molecule has 0 atom stereocenters. The lowest BCUT2D eigenvalue weighted by atomic mass is 10.1. The number of ether oxygens (including phenoxy) is 2. The Morgan fingerprint density at radius 2 is 1.82 bits per heavy atom. The van der Waals surface area contributed by atoms with E-state index >= 15 is 0 Å². The summed E-state index contributed by atoms with van der Waals surface area (Å²) in [5, 5.41) is 5.84. The van der Waals surface area contributed by atoms with Crippen LogP contribution in [0.3, 0.4) is 0 Å². The lowest BCUT2D eigenvalue weighted by molar-refractivity contribution is 0.100. The van der Waals surface area contributed by atoms with Crippen molar-refractivity contribution in [3.63, 3.8) is 0 Å². The molecule has 28 heavy (non-hydrogen) atoms. The predicted octanol–water partition coefficient (Wildman–Crippen LogP) is 3.40. The molecule has 0 radical (unpaired) electrons. The quantitative estimate of drug-likeness (QED) is 0.658. The molecule has 0 saturated heterocycles. The number of aromatic nitrogens is 2. The van der Waals surface area contributed by atoms with Gasteiger partial charge in [-0.15, -0.1) is 0 Å². The van der Waals surface area contributed by atoms with Crippen molar-refractivity contribution in [1.29, 1.82) is 0 Å². The molecular formula is C20H16N4O4. The molecule has 0 saturated carbocycles. The molecule has 3 aromatic rings. The van der Waals surface area contributed by atoms with E-state index < -0.39 is 5.91 Å². The van der Waals surface area contributed by atoms with Crippen molar-refractivity contribution in [2.75, 3.05) is 17.4 Å². The van der Waals surface area contributed by atoms with Crippen LogP contribution in [0.1, 0.15) is 27.8 Å². The minimum atomic E-state index is -0.406. The minimum absolute atomic E-state index is 0.0756. The van der Waals surface area contributed by atoms with Gasteiger partial charge in [0.15, 0.2) is 17.3 Å². The van der Waals surface area contributed by atoms with Crippen molar-refractivity contribution in [1.82, 2.24) is 9.97 Å². The molecule has 0 unspecified atom stereocenters. The number of ketones is 1. The molecule has 0 bridgehead atoms. The molecule has 4 rings (SSSR count). The fourth-order valence-corrected chi connectivity index (χ4v) is 2.68. The Morgan fingerprint density at radius 1 is 0.964 bits per heavy atom. The number of nitrogens with one attached hydrogen (secondary N) is 2. The largest absolute Gasteiger partial charge is 0.454 e. The van der Waals surface area contributed by atoms with Crippen LogP contribution in [0.2, 0.25) is 0 Å². The molecule has 0 aliphatic carbocycles. The number of carbonyl (C=O) groups excluding carboxylic acids is 2. The van der Waals surface area contributed by atoms with E-state index in [4.69, 9.17) is 9.47 Å². The number of Topliss-reactive ketones (excluding diaryl/α,β-unsaturated/α-hetero) is 1. The normalized spacial score (nSPS) is 11.8. The number of anilines is 3. The summed E-state index contributed by atoms with van der Waals surface area (Å²) in [4.78, 5) is 32.1. The maximum atomic E-state index is 12.5. The van der Waals surface area contributed by atoms with Crippen LogP contribution in [-0.2, 0) is 0 Å². The van der Waals surface area contributed by atoms with Crippen LogP contribution in [-0.4, -0.2) is 28.5 Å². The van der Waals surface area contributed by atoms with Gasteiger partial charge in [0.05, 0.1) is 0 Å². The molecule has 0 fully saturated rings. The lowest BCUT2D eigenvalue weighted by Crippen LogP contribution is -2.14. The van der Waals surface area contributed by atoms with E-state index in [1.165, 1.54) is 19.3 Å². The zero-order chi connectivity index (χ0) is 19.5. The molecule has 1 aliphatic rings. The van der Waals surface area contributed by atoms with Gasteiger partial charge in [-0.05, 0) is 31.2 Å². The van der Waals surface area contributed by atoms with E-state index in [1.54, 1.807) is 36.4 Å². The van der Waals surface area contributed by atoms with Crippen molar-refractivity contribution in [3.05, 3.63) is 66.1 Å². The first-order chi connectivity index (χ1) is 13.6. The maximum absolute atomic E-state index is 12.5. The molecule has 140 valence electrons. The lowest BCUT2D eigenvalue weighted by Gasteiger charge is -2.09. The molecule has 8 nitrogen and oxygen atoms in total. The fraction of sp³-hybridized carbons (Fsp3) is 0.100. The summed E-state index contributed by atoms with van der Waals surface area (Å²) >= 11 is 0. The van der Waals surface area contributed by atoms with Gasteiger partial charge in [-0.3, -0.25) is 9.59 Å². The standard InChI is InChI=1S/C20H16N4O4/c1-12(25)13-3-2-4-14(7-13)24-20(26)16-9-19(22-10-21-16)23-15-5-6-17-18(8-15)28-11-27-17/h2-10H,11H2,1H3,(H,24,26)(H,21,22,23). The van der Waals surface area contributed by atoms with Gasteiger partial charge >= 0.3 is 0 Å². The number of benzene rings is 2. The highest BCUT2D eigenvalue weighted by Crippen LogP contribution is 2.34. The first-order valence-corrected chi connectivity index (χ1v) is 8.49. The van der Waals surface area contributed by atoms with Crippen LogP contribution in [0.25, 0.3) is 0 Å². The summed E-state index contributed by atoms with van der Waals surface area (Å²) in [6.45, 7) is 1.67. The maximum Gasteiger partial charge on any atom is 0.274 e. The van der Waals surface area contributed by atoms with Crippen molar-refractivity contribution in [3.8, 4) is 11.5 Å². The Morgan fingerprint density at radius 3 is 2.68 bits per heavy atom. The Bertz CT molecular complexity index is 1070. The second kappa shape index (κ2) is 7.36. The average molecular weight is 376 g/mol. The van der Waals surface area contributed by atoms with Gasteiger partial charge in [-0.2, -0.15) is 0 Å². The van der Waals surface area contributed by atoms with Crippen LogP contribution in [0.4, 0.5) is 17.2 Å². The molecule has 0 spiro atoms. The molecular weight excluding hydrogens is 360 g/mol. The van der Waals surface area contributed by atoms with Crippen LogP contribution < -0.4 is 20.1 Å². The summed E-state index contributed by atoms with van der Waals surface area (Å²) in [6, 6.07) is 13.7. The summed E-state index contributed by atoms with van der Waals surface area (Å²) in [6.07, 6.45) is 1.30.